The van der Waals surface area contributed by atoms with Gasteiger partial charge in [-0.05, 0) is 42.2 Å². The summed E-state index contributed by atoms with van der Waals surface area (Å²) in [5, 5.41) is 11.9. The summed E-state index contributed by atoms with van der Waals surface area (Å²) in [6.45, 7) is 4.88. The van der Waals surface area contributed by atoms with Gasteiger partial charge in [0.1, 0.15) is 17.9 Å². The number of rotatable bonds is 7. The number of ether oxygens (including phenoxy) is 1. The number of pyridine rings is 1. The second kappa shape index (κ2) is 7.88. The smallest absolute Gasteiger partial charge is 0.148 e. The Hall–Kier alpha value is -2.73. The van der Waals surface area contributed by atoms with E-state index in [9.17, 15) is 0 Å². The van der Waals surface area contributed by atoms with Crippen molar-refractivity contribution >= 4 is 22.2 Å². The SMILES string of the molecule is CC(C)Cc1cc(OCc2ccccn2)c2n[nH]c(Cc3nccs3)c2c1. The van der Waals surface area contributed by atoms with E-state index < -0.39 is 0 Å². The maximum absolute atomic E-state index is 6.12. The molecule has 0 aliphatic heterocycles. The Morgan fingerprint density at radius 1 is 1.15 bits per heavy atom. The van der Waals surface area contributed by atoms with E-state index in [1.165, 1.54) is 5.56 Å². The van der Waals surface area contributed by atoms with E-state index in [4.69, 9.17) is 4.74 Å². The molecule has 0 saturated heterocycles. The van der Waals surface area contributed by atoms with E-state index in [-0.39, 0.29) is 0 Å². The van der Waals surface area contributed by atoms with Crippen molar-refractivity contribution in [2.45, 2.75) is 33.3 Å². The topological polar surface area (TPSA) is 63.7 Å². The molecule has 0 saturated carbocycles. The third-order valence-corrected chi connectivity index (χ3v) is 5.10. The van der Waals surface area contributed by atoms with Crippen LogP contribution in [-0.4, -0.2) is 20.2 Å². The lowest BCUT2D eigenvalue weighted by Gasteiger charge is -2.11. The van der Waals surface area contributed by atoms with Gasteiger partial charge in [-0.2, -0.15) is 5.10 Å². The second-order valence-corrected chi connectivity index (χ2v) is 7.98. The fraction of sp³-hybridized carbons (Fsp3) is 0.286. The van der Waals surface area contributed by atoms with Crippen LogP contribution in [-0.2, 0) is 19.4 Å². The number of aromatic nitrogens is 4. The Balaban J connectivity index is 1.68. The van der Waals surface area contributed by atoms with Crippen LogP contribution < -0.4 is 4.74 Å². The molecule has 0 radical (unpaired) electrons. The summed E-state index contributed by atoms with van der Waals surface area (Å²) in [5.41, 5.74) is 4.10. The molecule has 0 amide bonds. The van der Waals surface area contributed by atoms with E-state index in [1.807, 2.05) is 29.8 Å². The summed E-state index contributed by atoms with van der Waals surface area (Å²) in [4.78, 5) is 8.74. The van der Waals surface area contributed by atoms with Crippen LogP contribution in [0.5, 0.6) is 5.75 Å². The minimum Gasteiger partial charge on any atom is -0.485 e. The quantitative estimate of drug-likeness (QED) is 0.502. The van der Waals surface area contributed by atoms with E-state index in [0.717, 1.165) is 45.9 Å². The highest BCUT2D eigenvalue weighted by atomic mass is 32.1. The van der Waals surface area contributed by atoms with Crippen LogP contribution in [0.15, 0.2) is 48.1 Å². The van der Waals surface area contributed by atoms with Gasteiger partial charge >= 0.3 is 0 Å². The molecule has 4 rings (SSSR count). The number of thiazole rings is 1. The molecule has 5 nitrogen and oxygen atoms in total. The van der Waals surface area contributed by atoms with Gasteiger partial charge in [-0.25, -0.2) is 4.98 Å². The molecule has 0 fully saturated rings. The van der Waals surface area contributed by atoms with Crippen molar-refractivity contribution in [2.24, 2.45) is 5.92 Å². The van der Waals surface area contributed by atoms with Gasteiger partial charge in [-0.3, -0.25) is 10.1 Å². The predicted molar refractivity (Wildman–Crippen MR) is 108 cm³/mol. The van der Waals surface area contributed by atoms with Gasteiger partial charge < -0.3 is 4.74 Å². The zero-order valence-corrected chi connectivity index (χ0v) is 16.3. The molecule has 1 N–H and O–H groups in total. The molecule has 0 aliphatic carbocycles. The summed E-state index contributed by atoms with van der Waals surface area (Å²) in [7, 11) is 0. The van der Waals surface area contributed by atoms with Crippen LogP contribution in [0.4, 0.5) is 0 Å². The zero-order chi connectivity index (χ0) is 18.6. The first-order valence-corrected chi connectivity index (χ1v) is 9.98. The third-order valence-electron chi connectivity index (χ3n) is 4.32. The summed E-state index contributed by atoms with van der Waals surface area (Å²) in [6.07, 6.45) is 5.37. The fourth-order valence-corrected chi connectivity index (χ4v) is 3.78. The van der Waals surface area contributed by atoms with Crippen molar-refractivity contribution in [2.75, 3.05) is 0 Å². The van der Waals surface area contributed by atoms with E-state index in [0.29, 0.717) is 12.5 Å². The van der Waals surface area contributed by atoms with E-state index in [2.05, 4.69) is 46.1 Å². The molecule has 1 aromatic carbocycles. The molecule has 3 aromatic heterocycles. The van der Waals surface area contributed by atoms with Crippen molar-refractivity contribution < 1.29 is 4.74 Å². The number of benzene rings is 1. The normalized spacial score (nSPS) is 11.4. The number of hydrogen-bond acceptors (Lipinski definition) is 5. The van der Waals surface area contributed by atoms with Crippen molar-refractivity contribution in [1.82, 2.24) is 20.2 Å². The van der Waals surface area contributed by atoms with Crippen LogP contribution in [0, 0.1) is 5.92 Å². The van der Waals surface area contributed by atoms with Gasteiger partial charge in [0.05, 0.1) is 10.7 Å². The second-order valence-electron chi connectivity index (χ2n) is 7.00. The van der Waals surface area contributed by atoms with Gasteiger partial charge in [0.25, 0.3) is 0 Å². The van der Waals surface area contributed by atoms with Crippen molar-refractivity contribution in [3.8, 4) is 5.75 Å². The van der Waals surface area contributed by atoms with E-state index >= 15 is 0 Å². The number of fused-ring (bicyclic) bond motifs is 1. The lowest BCUT2D eigenvalue weighted by molar-refractivity contribution is 0.304. The number of H-pyrrole nitrogens is 1. The maximum atomic E-state index is 6.12. The fourth-order valence-electron chi connectivity index (χ4n) is 3.15. The molecule has 0 bridgehead atoms. The largest absolute Gasteiger partial charge is 0.485 e. The average molecular weight is 379 g/mol. The Kier molecular flexibility index (Phi) is 5.16. The van der Waals surface area contributed by atoms with Crippen molar-refractivity contribution in [3.63, 3.8) is 0 Å². The van der Waals surface area contributed by atoms with Gasteiger partial charge in [0.15, 0.2) is 0 Å². The number of nitrogens with zero attached hydrogens (tertiary/aromatic N) is 3. The van der Waals surface area contributed by atoms with Gasteiger partial charge in [-0.15, -0.1) is 11.3 Å². The molecule has 6 heteroatoms. The van der Waals surface area contributed by atoms with Crippen LogP contribution >= 0.6 is 11.3 Å². The third kappa shape index (κ3) is 4.17. The molecule has 0 atom stereocenters. The summed E-state index contributed by atoms with van der Waals surface area (Å²) >= 11 is 1.66. The molecule has 27 heavy (non-hydrogen) atoms. The van der Waals surface area contributed by atoms with Gasteiger partial charge in [0, 0.05) is 35.3 Å². The first-order valence-electron chi connectivity index (χ1n) is 9.10. The van der Waals surface area contributed by atoms with Gasteiger partial charge in [-0.1, -0.05) is 19.9 Å². The van der Waals surface area contributed by atoms with Gasteiger partial charge in [0.2, 0.25) is 0 Å². The molecule has 0 spiro atoms. The number of hydrogen-bond donors (Lipinski definition) is 1. The monoisotopic (exact) mass is 378 g/mol. The molecular formula is C21H22N4OS. The highest BCUT2D eigenvalue weighted by molar-refractivity contribution is 7.09. The molecule has 0 unspecified atom stereocenters. The lowest BCUT2D eigenvalue weighted by Crippen LogP contribution is -2.00. The Bertz CT molecular complexity index is 1010. The maximum Gasteiger partial charge on any atom is 0.148 e. The average Bonchev–Trinajstić information content (AvgIpc) is 3.31. The minimum atomic E-state index is 0.426. The summed E-state index contributed by atoms with van der Waals surface area (Å²) in [5.74, 6) is 1.37. The predicted octanol–water partition coefficient (Wildman–Crippen LogP) is 4.78. The molecular weight excluding hydrogens is 356 g/mol. The van der Waals surface area contributed by atoms with Crippen LogP contribution in [0.3, 0.4) is 0 Å². The Labute approximate surface area is 162 Å². The van der Waals surface area contributed by atoms with Crippen LogP contribution in [0.2, 0.25) is 0 Å². The molecule has 4 aromatic rings. The van der Waals surface area contributed by atoms with Crippen molar-refractivity contribution in [1.29, 1.82) is 0 Å². The Morgan fingerprint density at radius 3 is 2.81 bits per heavy atom. The molecule has 0 aliphatic rings. The number of aromatic amines is 1. The molecule has 3 heterocycles. The van der Waals surface area contributed by atoms with Crippen LogP contribution in [0.25, 0.3) is 10.9 Å². The number of nitrogens with one attached hydrogen (secondary N) is 1. The standard InChI is InChI=1S/C21H22N4OS/c1-14(2)9-15-10-17-18(12-20-23-7-8-27-20)24-25-21(17)19(11-15)26-13-16-5-3-4-6-22-16/h3-8,10-11,14H,9,12-13H2,1-2H3,(H,24,25). The first kappa shape index (κ1) is 17.7. The highest BCUT2D eigenvalue weighted by Crippen LogP contribution is 2.31. The first-order chi connectivity index (χ1) is 13.2. The van der Waals surface area contributed by atoms with Crippen LogP contribution in [0.1, 0.15) is 35.8 Å². The van der Waals surface area contributed by atoms with Crippen molar-refractivity contribution in [3.05, 3.63) is 70.1 Å². The van der Waals surface area contributed by atoms with E-state index in [1.54, 1.807) is 17.5 Å². The lowest BCUT2D eigenvalue weighted by atomic mass is 10.00. The molecule has 138 valence electrons. The zero-order valence-electron chi connectivity index (χ0n) is 15.5. The minimum absolute atomic E-state index is 0.426. The highest BCUT2D eigenvalue weighted by Gasteiger charge is 2.15. The summed E-state index contributed by atoms with van der Waals surface area (Å²) in [6, 6.07) is 10.2. The Morgan fingerprint density at radius 2 is 2.07 bits per heavy atom. The summed E-state index contributed by atoms with van der Waals surface area (Å²) < 4.78 is 6.12.